The first-order chi connectivity index (χ1) is 11.0. The van der Waals surface area contributed by atoms with Crippen LogP contribution >= 0.6 is 0 Å². The summed E-state index contributed by atoms with van der Waals surface area (Å²) in [6, 6.07) is 2.47. The number of rotatable bonds is 2. The van der Waals surface area contributed by atoms with Gasteiger partial charge in [0.25, 0.3) is 0 Å². The minimum atomic E-state index is -4.41. The standard InChI is InChI=1S/C16H22F3N3O2/c1-15(2,3)24-14(23)22-8-6-21(7-9-22)11-12-4-5-13(20-10-12)16(17,18)19/h4-5,10H,6-9,11H2,1-3H3/p+1. The highest BCUT2D eigenvalue weighted by molar-refractivity contribution is 5.68. The van der Waals surface area contributed by atoms with Crippen LogP contribution in [0.1, 0.15) is 32.0 Å². The molecule has 24 heavy (non-hydrogen) atoms. The van der Waals surface area contributed by atoms with Crippen molar-refractivity contribution in [1.29, 1.82) is 0 Å². The van der Waals surface area contributed by atoms with Crippen LogP contribution in [0.15, 0.2) is 18.3 Å². The molecule has 0 unspecified atom stereocenters. The molecule has 5 nitrogen and oxygen atoms in total. The maximum absolute atomic E-state index is 12.5. The molecule has 0 spiro atoms. The Kier molecular flexibility index (Phi) is 5.37. The summed E-state index contributed by atoms with van der Waals surface area (Å²) in [5, 5.41) is 0. The molecule has 1 aliphatic heterocycles. The molecule has 1 N–H and O–H groups in total. The average Bonchev–Trinajstić information content (AvgIpc) is 2.46. The number of nitrogens with zero attached hydrogens (tertiary/aromatic N) is 2. The first kappa shape index (κ1) is 18.5. The first-order valence-electron chi connectivity index (χ1n) is 7.88. The molecule has 2 heterocycles. The summed E-state index contributed by atoms with van der Waals surface area (Å²) in [5.74, 6) is 0. The number of carbonyl (C=O) groups excluding carboxylic acids is 1. The van der Waals surface area contributed by atoms with Crippen molar-refractivity contribution < 1.29 is 27.6 Å². The van der Waals surface area contributed by atoms with Crippen molar-refractivity contribution in [2.24, 2.45) is 0 Å². The summed E-state index contributed by atoms with van der Waals surface area (Å²) in [6.45, 7) is 8.64. The SMILES string of the molecule is CC(C)(C)OC(=O)N1CC[NH+](Cc2ccc(C(F)(F)F)nc2)CC1. The predicted octanol–water partition coefficient (Wildman–Crippen LogP) is 1.74. The number of amides is 1. The first-order valence-corrected chi connectivity index (χ1v) is 7.88. The minimum Gasteiger partial charge on any atom is -0.444 e. The molecule has 1 aromatic rings. The van der Waals surface area contributed by atoms with Gasteiger partial charge < -0.3 is 9.64 Å². The Morgan fingerprint density at radius 3 is 2.33 bits per heavy atom. The summed E-state index contributed by atoms with van der Waals surface area (Å²) in [4.78, 5) is 18.3. The van der Waals surface area contributed by atoms with Crippen LogP contribution in [0.5, 0.6) is 0 Å². The van der Waals surface area contributed by atoms with Gasteiger partial charge in [-0.3, -0.25) is 9.88 Å². The van der Waals surface area contributed by atoms with E-state index in [-0.39, 0.29) is 6.09 Å². The summed E-state index contributed by atoms with van der Waals surface area (Å²) in [7, 11) is 0. The van der Waals surface area contributed by atoms with Gasteiger partial charge >= 0.3 is 12.3 Å². The van der Waals surface area contributed by atoms with E-state index < -0.39 is 17.5 Å². The van der Waals surface area contributed by atoms with E-state index in [2.05, 4.69) is 4.98 Å². The molecule has 1 aliphatic rings. The molecule has 2 rings (SSSR count). The van der Waals surface area contributed by atoms with Crippen molar-refractivity contribution in [3.8, 4) is 0 Å². The average molecular weight is 346 g/mol. The zero-order valence-electron chi connectivity index (χ0n) is 14.1. The number of ether oxygens (including phenoxy) is 1. The van der Waals surface area contributed by atoms with Crippen molar-refractivity contribution in [3.63, 3.8) is 0 Å². The van der Waals surface area contributed by atoms with Crippen molar-refractivity contribution in [2.45, 2.75) is 39.1 Å². The van der Waals surface area contributed by atoms with Gasteiger partial charge in [0, 0.05) is 11.8 Å². The second-order valence-electron chi connectivity index (χ2n) is 6.94. The van der Waals surface area contributed by atoms with Crippen molar-refractivity contribution in [1.82, 2.24) is 9.88 Å². The Labute approximate surface area is 139 Å². The van der Waals surface area contributed by atoms with Gasteiger partial charge in [-0.25, -0.2) is 4.79 Å². The Balaban J connectivity index is 1.84. The molecule has 0 bridgehead atoms. The number of quaternary nitrogens is 1. The maximum Gasteiger partial charge on any atom is 0.433 e. The van der Waals surface area contributed by atoms with E-state index in [1.54, 1.807) is 4.90 Å². The number of piperazine rings is 1. The Bertz CT molecular complexity index is 559. The van der Waals surface area contributed by atoms with Crippen LogP contribution in [0.2, 0.25) is 0 Å². The van der Waals surface area contributed by atoms with Crippen molar-refractivity contribution in [3.05, 3.63) is 29.6 Å². The van der Waals surface area contributed by atoms with E-state index in [0.717, 1.165) is 24.7 Å². The highest BCUT2D eigenvalue weighted by atomic mass is 19.4. The third kappa shape index (κ3) is 5.36. The van der Waals surface area contributed by atoms with Gasteiger partial charge in [0.05, 0.1) is 26.2 Å². The second-order valence-corrected chi connectivity index (χ2v) is 6.94. The molecule has 0 aliphatic carbocycles. The van der Waals surface area contributed by atoms with Gasteiger partial charge in [-0.1, -0.05) is 0 Å². The molecule has 0 aromatic carbocycles. The molecule has 8 heteroatoms. The number of hydrogen-bond acceptors (Lipinski definition) is 3. The number of carbonyl (C=O) groups is 1. The van der Waals surface area contributed by atoms with E-state index in [4.69, 9.17) is 4.74 Å². The van der Waals surface area contributed by atoms with E-state index in [0.29, 0.717) is 19.6 Å². The van der Waals surface area contributed by atoms with Crippen LogP contribution in [-0.4, -0.2) is 47.8 Å². The number of alkyl halides is 3. The number of halogens is 3. The summed E-state index contributed by atoms with van der Waals surface area (Å²) < 4.78 is 42.8. The lowest BCUT2D eigenvalue weighted by Gasteiger charge is -2.33. The van der Waals surface area contributed by atoms with Crippen molar-refractivity contribution >= 4 is 6.09 Å². The maximum atomic E-state index is 12.5. The number of pyridine rings is 1. The molecule has 0 atom stereocenters. The van der Waals surface area contributed by atoms with Gasteiger partial charge in [-0.15, -0.1) is 0 Å². The molecule has 0 saturated carbocycles. The zero-order valence-corrected chi connectivity index (χ0v) is 14.1. The third-order valence-corrected chi connectivity index (χ3v) is 3.69. The fourth-order valence-corrected chi connectivity index (χ4v) is 2.49. The van der Waals surface area contributed by atoms with E-state index in [1.807, 2.05) is 20.8 Å². The fraction of sp³-hybridized carbons (Fsp3) is 0.625. The highest BCUT2D eigenvalue weighted by Crippen LogP contribution is 2.27. The van der Waals surface area contributed by atoms with Gasteiger partial charge in [-0.05, 0) is 32.9 Å². The summed E-state index contributed by atoms with van der Waals surface area (Å²) >= 11 is 0. The van der Waals surface area contributed by atoms with Crippen LogP contribution < -0.4 is 4.90 Å². The van der Waals surface area contributed by atoms with Crippen molar-refractivity contribution in [2.75, 3.05) is 26.2 Å². The van der Waals surface area contributed by atoms with Crippen LogP contribution in [0.25, 0.3) is 0 Å². The third-order valence-electron chi connectivity index (χ3n) is 3.69. The molecule has 134 valence electrons. The van der Waals surface area contributed by atoms with Gasteiger partial charge in [0.2, 0.25) is 0 Å². The lowest BCUT2D eigenvalue weighted by atomic mass is 10.2. The molecule has 1 saturated heterocycles. The van der Waals surface area contributed by atoms with Gasteiger partial charge in [0.1, 0.15) is 17.8 Å². The number of nitrogens with one attached hydrogen (secondary N) is 1. The second kappa shape index (κ2) is 6.96. The van der Waals surface area contributed by atoms with E-state index >= 15 is 0 Å². The van der Waals surface area contributed by atoms with Crippen LogP contribution in [0, 0.1) is 0 Å². The Morgan fingerprint density at radius 1 is 1.25 bits per heavy atom. The van der Waals surface area contributed by atoms with Crippen LogP contribution in [0.4, 0.5) is 18.0 Å². The quantitative estimate of drug-likeness (QED) is 0.887. The predicted molar refractivity (Wildman–Crippen MR) is 81.4 cm³/mol. The van der Waals surface area contributed by atoms with E-state index in [9.17, 15) is 18.0 Å². The summed E-state index contributed by atoms with van der Waals surface area (Å²) in [6.07, 6.45) is -3.46. The molecule has 0 radical (unpaired) electrons. The number of aromatic nitrogens is 1. The lowest BCUT2D eigenvalue weighted by molar-refractivity contribution is -0.917. The highest BCUT2D eigenvalue weighted by Gasteiger charge is 2.32. The molecule has 1 amide bonds. The minimum absolute atomic E-state index is 0.322. The van der Waals surface area contributed by atoms with Gasteiger partial charge in [-0.2, -0.15) is 13.2 Å². The van der Waals surface area contributed by atoms with E-state index in [1.165, 1.54) is 17.2 Å². The smallest absolute Gasteiger partial charge is 0.433 e. The molecule has 1 fully saturated rings. The zero-order chi connectivity index (χ0) is 18.0. The molecule has 1 aromatic heterocycles. The summed E-state index contributed by atoms with van der Waals surface area (Å²) in [5.41, 5.74) is -0.646. The molecular weight excluding hydrogens is 323 g/mol. The topological polar surface area (TPSA) is 46.9 Å². The molecular formula is C16H23F3N3O2+. The number of hydrogen-bond donors (Lipinski definition) is 1. The monoisotopic (exact) mass is 346 g/mol. The Hall–Kier alpha value is -1.83. The van der Waals surface area contributed by atoms with Gasteiger partial charge in [0.15, 0.2) is 0 Å². The van der Waals surface area contributed by atoms with Crippen LogP contribution in [0.3, 0.4) is 0 Å². The lowest BCUT2D eigenvalue weighted by Crippen LogP contribution is -3.13. The fourth-order valence-electron chi connectivity index (χ4n) is 2.49. The normalized spacial score (nSPS) is 17.0. The van der Waals surface area contributed by atoms with Crippen LogP contribution in [-0.2, 0) is 17.5 Å². The largest absolute Gasteiger partial charge is 0.444 e. The Morgan fingerprint density at radius 2 is 1.88 bits per heavy atom.